The fourth-order valence-corrected chi connectivity index (χ4v) is 1.59. The largest absolute Gasteiger partial charge is 0.475 e. The molecule has 0 aliphatic rings. The Hall–Kier alpha value is -1.36. The molecule has 1 atom stereocenters. The van der Waals surface area contributed by atoms with Crippen LogP contribution in [0.1, 0.15) is 34.1 Å². The van der Waals surface area contributed by atoms with Crippen LogP contribution in [0, 0.1) is 5.92 Å². The van der Waals surface area contributed by atoms with Gasteiger partial charge < -0.3 is 15.2 Å². The minimum Gasteiger partial charge on any atom is -0.475 e. The first-order valence-electron chi connectivity index (χ1n) is 6.38. The summed E-state index contributed by atoms with van der Waals surface area (Å²) in [4.78, 5) is 8.10. The van der Waals surface area contributed by atoms with Crippen molar-refractivity contribution in [3.05, 3.63) is 12.4 Å². The van der Waals surface area contributed by atoms with Gasteiger partial charge in [0, 0.05) is 12.6 Å². The van der Waals surface area contributed by atoms with Gasteiger partial charge in [-0.1, -0.05) is 13.8 Å². The summed E-state index contributed by atoms with van der Waals surface area (Å²) in [5.74, 6) is 1.69. The summed E-state index contributed by atoms with van der Waals surface area (Å²) in [6.07, 6.45) is 1.94. The second-order valence-corrected chi connectivity index (χ2v) is 5.07. The van der Waals surface area contributed by atoms with E-state index in [0.29, 0.717) is 24.2 Å². The second kappa shape index (κ2) is 7.16. The van der Waals surface area contributed by atoms with E-state index >= 15 is 0 Å². The number of nitrogens with one attached hydrogen (secondary N) is 1. The third-order valence-corrected chi connectivity index (χ3v) is 2.26. The van der Waals surface area contributed by atoms with Crippen LogP contribution in [0.15, 0.2) is 12.4 Å². The SMILES string of the molecule is CC(C)CC(O)CNc1cc(OC(C)C)ncn1. The number of rotatable bonds is 7. The zero-order valence-electron chi connectivity index (χ0n) is 11.6. The van der Waals surface area contributed by atoms with Crippen molar-refractivity contribution in [2.24, 2.45) is 5.92 Å². The van der Waals surface area contributed by atoms with Gasteiger partial charge in [0.1, 0.15) is 12.1 Å². The van der Waals surface area contributed by atoms with Gasteiger partial charge in [0.2, 0.25) is 5.88 Å². The minimum absolute atomic E-state index is 0.0827. The summed E-state index contributed by atoms with van der Waals surface area (Å²) in [5, 5.41) is 12.8. The third-order valence-electron chi connectivity index (χ3n) is 2.26. The van der Waals surface area contributed by atoms with Gasteiger partial charge in [-0.15, -0.1) is 0 Å². The average Bonchev–Trinajstić information content (AvgIpc) is 2.25. The van der Waals surface area contributed by atoms with E-state index in [4.69, 9.17) is 4.74 Å². The number of ether oxygens (including phenoxy) is 1. The monoisotopic (exact) mass is 253 g/mol. The predicted octanol–water partition coefficient (Wildman–Crippen LogP) is 2.08. The van der Waals surface area contributed by atoms with Crippen molar-refractivity contribution in [2.45, 2.75) is 46.3 Å². The van der Waals surface area contributed by atoms with Crippen molar-refractivity contribution in [3.8, 4) is 5.88 Å². The summed E-state index contributed by atoms with van der Waals surface area (Å²) in [6, 6.07) is 1.74. The van der Waals surface area contributed by atoms with E-state index in [9.17, 15) is 5.11 Å². The van der Waals surface area contributed by atoms with E-state index in [1.807, 2.05) is 13.8 Å². The Labute approximate surface area is 109 Å². The highest BCUT2D eigenvalue weighted by Crippen LogP contribution is 2.13. The van der Waals surface area contributed by atoms with Crippen molar-refractivity contribution in [1.82, 2.24) is 9.97 Å². The Balaban J connectivity index is 2.47. The number of aliphatic hydroxyl groups is 1. The van der Waals surface area contributed by atoms with Crippen molar-refractivity contribution in [3.63, 3.8) is 0 Å². The second-order valence-electron chi connectivity index (χ2n) is 5.07. The van der Waals surface area contributed by atoms with E-state index in [0.717, 1.165) is 6.42 Å². The zero-order valence-corrected chi connectivity index (χ0v) is 11.6. The third kappa shape index (κ3) is 5.82. The molecule has 1 unspecified atom stereocenters. The Bertz CT molecular complexity index is 356. The smallest absolute Gasteiger partial charge is 0.218 e. The summed E-state index contributed by atoms with van der Waals surface area (Å²) in [7, 11) is 0. The maximum absolute atomic E-state index is 9.76. The van der Waals surface area contributed by atoms with Gasteiger partial charge in [-0.3, -0.25) is 0 Å². The summed E-state index contributed by atoms with van der Waals surface area (Å²) >= 11 is 0. The average molecular weight is 253 g/mol. The van der Waals surface area contributed by atoms with Gasteiger partial charge in [-0.2, -0.15) is 0 Å². The molecule has 18 heavy (non-hydrogen) atoms. The standard InChI is InChI=1S/C13H23N3O2/c1-9(2)5-11(17)7-14-12-6-13(16-8-15-12)18-10(3)4/h6,8-11,17H,5,7H2,1-4H3,(H,14,15,16). The molecule has 0 fully saturated rings. The molecule has 5 heteroatoms. The molecule has 0 aliphatic carbocycles. The number of anilines is 1. The van der Waals surface area contributed by atoms with Crippen LogP contribution >= 0.6 is 0 Å². The molecule has 0 saturated carbocycles. The Morgan fingerprint density at radius 2 is 2.00 bits per heavy atom. The molecule has 0 radical (unpaired) electrons. The Morgan fingerprint density at radius 3 is 2.61 bits per heavy atom. The van der Waals surface area contributed by atoms with Crippen molar-refractivity contribution < 1.29 is 9.84 Å². The van der Waals surface area contributed by atoms with Crippen LogP contribution < -0.4 is 10.1 Å². The lowest BCUT2D eigenvalue weighted by molar-refractivity contribution is 0.161. The summed E-state index contributed by atoms with van der Waals surface area (Å²) in [5.41, 5.74) is 0. The van der Waals surface area contributed by atoms with Gasteiger partial charge >= 0.3 is 0 Å². The molecule has 1 aromatic heterocycles. The van der Waals surface area contributed by atoms with Gasteiger partial charge in [-0.05, 0) is 26.2 Å². The van der Waals surface area contributed by atoms with E-state index in [-0.39, 0.29) is 12.2 Å². The molecule has 0 bridgehead atoms. The lowest BCUT2D eigenvalue weighted by atomic mass is 10.1. The van der Waals surface area contributed by atoms with Gasteiger partial charge in [0.15, 0.2) is 0 Å². The van der Waals surface area contributed by atoms with Crippen LogP contribution in [0.5, 0.6) is 5.88 Å². The number of nitrogens with zero attached hydrogens (tertiary/aromatic N) is 2. The molecule has 0 amide bonds. The molecule has 102 valence electrons. The molecule has 1 rings (SSSR count). The quantitative estimate of drug-likeness (QED) is 0.778. The van der Waals surface area contributed by atoms with Gasteiger partial charge in [0.05, 0.1) is 12.2 Å². The van der Waals surface area contributed by atoms with Crippen molar-refractivity contribution in [1.29, 1.82) is 0 Å². The van der Waals surface area contributed by atoms with E-state index in [1.165, 1.54) is 6.33 Å². The maximum atomic E-state index is 9.76. The number of hydrogen-bond donors (Lipinski definition) is 2. The minimum atomic E-state index is -0.366. The van der Waals surface area contributed by atoms with Crippen LogP contribution in [-0.2, 0) is 0 Å². The number of hydrogen-bond acceptors (Lipinski definition) is 5. The highest BCUT2D eigenvalue weighted by atomic mass is 16.5. The Kier molecular flexibility index (Phi) is 5.85. The normalized spacial score (nSPS) is 12.8. The molecule has 0 saturated heterocycles. The predicted molar refractivity (Wildman–Crippen MR) is 71.7 cm³/mol. The van der Waals surface area contributed by atoms with Crippen LogP contribution in [0.3, 0.4) is 0 Å². The highest BCUT2D eigenvalue weighted by molar-refractivity contribution is 5.37. The van der Waals surface area contributed by atoms with Gasteiger partial charge in [0.25, 0.3) is 0 Å². The number of aromatic nitrogens is 2. The molecule has 0 spiro atoms. The molecule has 1 aromatic rings. The fourth-order valence-electron chi connectivity index (χ4n) is 1.59. The van der Waals surface area contributed by atoms with Crippen molar-refractivity contribution in [2.75, 3.05) is 11.9 Å². The molecule has 0 aromatic carbocycles. The van der Waals surface area contributed by atoms with Crippen LogP contribution in [0.4, 0.5) is 5.82 Å². The summed E-state index contributed by atoms with van der Waals surface area (Å²) in [6.45, 7) is 8.55. The van der Waals surface area contributed by atoms with Gasteiger partial charge in [-0.25, -0.2) is 9.97 Å². The van der Waals surface area contributed by atoms with E-state index < -0.39 is 0 Å². The maximum Gasteiger partial charge on any atom is 0.218 e. The molecule has 0 aliphatic heterocycles. The molecular weight excluding hydrogens is 230 g/mol. The van der Waals surface area contributed by atoms with Crippen molar-refractivity contribution >= 4 is 5.82 Å². The lowest BCUT2D eigenvalue weighted by Gasteiger charge is -2.14. The topological polar surface area (TPSA) is 67.3 Å². The molecule has 1 heterocycles. The van der Waals surface area contributed by atoms with E-state index in [2.05, 4.69) is 29.1 Å². The number of aliphatic hydroxyl groups excluding tert-OH is 1. The zero-order chi connectivity index (χ0) is 13.5. The fraction of sp³-hybridized carbons (Fsp3) is 0.692. The molecular formula is C13H23N3O2. The highest BCUT2D eigenvalue weighted by Gasteiger charge is 2.08. The molecule has 2 N–H and O–H groups in total. The van der Waals surface area contributed by atoms with Crippen LogP contribution in [0.25, 0.3) is 0 Å². The van der Waals surface area contributed by atoms with E-state index in [1.54, 1.807) is 6.07 Å². The van der Waals surface area contributed by atoms with Crippen LogP contribution in [0.2, 0.25) is 0 Å². The first-order valence-corrected chi connectivity index (χ1v) is 6.38. The van der Waals surface area contributed by atoms with Crippen LogP contribution in [-0.4, -0.2) is 33.8 Å². The Morgan fingerprint density at radius 1 is 1.28 bits per heavy atom. The lowest BCUT2D eigenvalue weighted by Crippen LogP contribution is -2.21. The molecule has 5 nitrogen and oxygen atoms in total. The first kappa shape index (κ1) is 14.7. The first-order chi connectivity index (χ1) is 8.47. The summed E-state index contributed by atoms with van der Waals surface area (Å²) < 4.78 is 5.47.